The summed E-state index contributed by atoms with van der Waals surface area (Å²) in [5.74, 6) is 1.71. The van der Waals surface area contributed by atoms with Gasteiger partial charge in [-0.2, -0.15) is 0 Å². The molecule has 1 fully saturated rings. The van der Waals surface area contributed by atoms with Gasteiger partial charge in [0.15, 0.2) is 0 Å². The van der Waals surface area contributed by atoms with Gasteiger partial charge < -0.3 is 15.0 Å². The Morgan fingerprint density at radius 1 is 0.912 bits per heavy atom. The summed E-state index contributed by atoms with van der Waals surface area (Å²) in [6.07, 6.45) is 8.44. The van der Waals surface area contributed by atoms with Crippen molar-refractivity contribution in [1.82, 2.24) is 24.8 Å². The van der Waals surface area contributed by atoms with Gasteiger partial charge in [-0.3, -0.25) is 9.78 Å². The number of anilines is 2. The number of benzene rings is 2. The molecule has 34 heavy (non-hydrogen) atoms. The molecule has 1 atom stereocenters. The number of carbonyl (C=O) groups excluding carboxylic acids is 1. The number of nitrogens with zero attached hydrogens (tertiary/aromatic N) is 5. The van der Waals surface area contributed by atoms with Crippen LogP contribution in [-0.2, 0) is 0 Å². The number of aromatic nitrogens is 4. The van der Waals surface area contributed by atoms with E-state index in [1.54, 1.807) is 30.9 Å². The average molecular weight is 453 g/mol. The lowest BCUT2D eigenvalue weighted by atomic mass is 9.94. The molecule has 1 unspecified atom stereocenters. The van der Waals surface area contributed by atoms with Gasteiger partial charge in [0.05, 0.1) is 0 Å². The molecule has 1 aliphatic rings. The number of hydrogen-bond acceptors (Lipinski definition) is 7. The van der Waals surface area contributed by atoms with Crippen molar-refractivity contribution in [3.05, 3.63) is 96.7 Å². The molecule has 2 aromatic carbocycles. The molecule has 0 radical (unpaired) electrons. The quantitative estimate of drug-likeness (QED) is 0.448. The molecule has 4 aromatic rings. The lowest BCUT2D eigenvalue weighted by Crippen LogP contribution is -2.39. The second-order valence-corrected chi connectivity index (χ2v) is 8.03. The molecular weight excluding hydrogens is 428 g/mol. The fraction of sp³-hybridized carbons (Fsp3) is 0.192. The highest BCUT2D eigenvalue weighted by molar-refractivity contribution is 5.95. The summed E-state index contributed by atoms with van der Waals surface area (Å²) < 4.78 is 6.02. The third-order valence-corrected chi connectivity index (χ3v) is 5.68. The predicted octanol–water partition coefficient (Wildman–Crippen LogP) is 4.82. The van der Waals surface area contributed by atoms with E-state index in [4.69, 9.17) is 4.74 Å². The Balaban J connectivity index is 1.32. The maximum atomic E-state index is 13.4. The summed E-state index contributed by atoms with van der Waals surface area (Å²) in [4.78, 5) is 32.6. The number of likely N-dealkylation sites (tertiary alicyclic amines) is 1. The summed E-state index contributed by atoms with van der Waals surface area (Å²) >= 11 is 0. The van der Waals surface area contributed by atoms with E-state index < -0.39 is 0 Å². The Labute approximate surface area is 197 Å². The topological polar surface area (TPSA) is 93.1 Å². The Morgan fingerprint density at radius 3 is 2.59 bits per heavy atom. The first-order valence-electron chi connectivity index (χ1n) is 11.2. The highest BCUT2D eigenvalue weighted by Gasteiger charge is 2.29. The monoisotopic (exact) mass is 452 g/mol. The molecule has 8 nitrogen and oxygen atoms in total. The molecule has 0 bridgehead atoms. The number of carbonyl (C=O) groups is 1. The van der Waals surface area contributed by atoms with Gasteiger partial charge in [-0.25, -0.2) is 15.0 Å². The van der Waals surface area contributed by atoms with Gasteiger partial charge in [-0.05, 0) is 49.2 Å². The Bertz CT molecular complexity index is 1250. The molecule has 3 heterocycles. The molecule has 1 saturated heterocycles. The molecular formula is C26H24N6O2. The minimum Gasteiger partial charge on any atom is -0.437 e. The Morgan fingerprint density at radius 2 is 1.74 bits per heavy atom. The number of rotatable bonds is 6. The van der Waals surface area contributed by atoms with E-state index in [0.29, 0.717) is 36.2 Å². The number of hydrogen-bond donors (Lipinski definition) is 1. The van der Waals surface area contributed by atoms with Gasteiger partial charge in [-0.15, -0.1) is 0 Å². The van der Waals surface area contributed by atoms with Crippen LogP contribution in [0.15, 0.2) is 85.5 Å². The standard InChI is InChI=1S/C26H24N6O2/c33-25(19-7-4-9-21(17-19)31-26-29-12-6-13-30-26)32-16-5-8-20(18-32)23-24(28-15-14-27-23)34-22-10-2-1-3-11-22/h1-4,6-7,9-15,17,20H,5,8,16,18H2,(H,29,30,31). The van der Waals surface area contributed by atoms with Crippen LogP contribution in [0.2, 0.25) is 0 Å². The molecule has 5 rings (SSSR count). The predicted molar refractivity (Wildman–Crippen MR) is 128 cm³/mol. The zero-order chi connectivity index (χ0) is 23.2. The van der Waals surface area contributed by atoms with Crippen LogP contribution in [0.1, 0.15) is 34.8 Å². The van der Waals surface area contributed by atoms with E-state index in [-0.39, 0.29) is 11.8 Å². The van der Waals surface area contributed by atoms with Crippen LogP contribution in [0.4, 0.5) is 11.6 Å². The van der Waals surface area contributed by atoms with Crippen molar-refractivity contribution >= 4 is 17.5 Å². The second kappa shape index (κ2) is 10.1. The van der Waals surface area contributed by atoms with E-state index in [2.05, 4.69) is 25.3 Å². The van der Waals surface area contributed by atoms with Gasteiger partial charge in [0.2, 0.25) is 11.8 Å². The third kappa shape index (κ3) is 5.01. The van der Waals surface area contributed by atoms with Crippen molar-refractivity contribution in [2.24, 2.45) is 0 Å². The van der Waals surface area contributed by atoms with E-state index in [0.717, 1.165) is 24.2 Å². The molecule has 0 saturated carbocycles. The maximum absolute atomic E-state index is 13.4. The van der Waals surface area contributed by atoms with Gasteiger partial charge in [0.25, 0.3) is 5.91 Å². The zero-order valence-electron chi connectivity index (χ0n) is 18.5. The van der Waals surface area contributed by atoms with Crippen molar-refractivity contribution in [2.75, 3.05) is 18.4 Å². The summed E-state index contributed by atoms with van der Waals surface area (Å²) in [6, 6.07) is 18.7. The molecule has 1 N–H and O–H groups in total. The van der Waals surface area contributed by atoms with Crippen molar-refractivity contribution in [2.45, 2.75) is 18.8 Å². The second-order valence-electron chi connectivity index (χ2n) is 8.03. The molecule has 170 valence electrons. The molecule has 1 aliphatic heterocycles. The Hall–Kier alpha value is -4.33. The highest BCUT2D eigenvalue weighted by Crippen LogP contribution is 2.33. The van der Waals surface area contributed by atoms with Crippen LogP contribution in [0.25, 0.3) is 0 Å². The minimum absolute atomic E-state index is 0.0169. The fourth-order valence-corrected chi connectivity index (χ4v) is 4.08. The molecule has 2 aromatic heterocycles. The first kappa shape index (κ1) is 21.5. The lowest BCUT2D eigenvalue weighted by molar-refractivity contribution is 0.0705. The van der Waals surface area contributed by atoms with Crippen LogP contribution in [-0.4, -0.2) is 43.8 Å². The van der Waals surface area contributed by atoms with E-state index in [1.807, 2.05) is 59.5 Å². The first-order chi connectivity index (χ1) is 16.8. The summed E-state index contributed by atoms with van der Waals surface area (Å²) in [5, 5.41) is 3.14. The van der Waals surface area contributed by atoms with Gasteiger partial charge >= 0.3 is 0 Å². The average Bonchev–Trinajstić information content (AvgIpc) is 2.90. The number of para-hydroxylation sites is 1. The van der Waals surface area contributed by atoms with Crippen LogP contribution >= 0.6 is 0 Å². The van der Waals surface area contributed by atoms with Crippen LogP contribution < -0.4 is 10.1 Å². The van der Waals surface area contributed by atoms with Crippen LogP contribution in [0, 0.1) is 0 Å². The Kier molecular flexibility index (Phi) is 6.38. The van der Waals surface area contributed by atoms with Crippen molar-refractivity contribution in [3.8, 4) is 11.6 Å². The third-order valence-electron chi connectivity index (χ3n) is 5.68. The number of ether oxygens (including phenoxy) is 1. The zero-order valence-corrected chi connectivity index (χ0v) is 18.5. The van der Waals surface area contributed by atoms with Gasteiger partial charge in [0.1, 0.15) is 11.4 Å². The highest BCUT2D eigenvalue weighted by atomic mass is 16.5. The van der Waals surface area contributed by atoms with Gasteiger partial charge in [0, 0.05) is 55.0 Å². The number of piperidine rings is 1. The maximum Gasteiger partial charge on any atom is 0.253 e. The lowest BCUT2D eigenvalue weighted by Gasteiger charge is -2.33. The smallest absolute Gasteiger partial charge is 0.253 e. The normalized spacial score (nSPS) is 15.5. The molecule has 0 spiro atoms. The summed E-state index contributed by atoms with van der Waals surface area (Å²) in [6.45, 7) is 1.26. The van der Waals surface area contributed by atoms with Crippen molar-refractivity contribution in [1.29, 1.82) is 0 Å². The van der Waals surface area contributed by atoms with Crippen LogP contribution in [0.3, 0.4) is 0 Å². The summed E-state index contributed by atoms with van der Waals surface area (Å²) in [7, 11) is 0. The largest absolute Gasteiger partial charge is 0.437 e. The fourth-order valence-electron chi connectivity index (χ4n) is 4.08. The van der Waals surface area contributed by atoms with E-state index in [1.165, 1.54) is 0 Å². The van der Waals surface area contributed by atoms with E-state index >= 15 is 0 Å². The van der Waals surface area contributed by atoms with Crippen molar-refractivity contribution < 1.29 is 9.53 Å². The van der Waals surface area contributed by atoms with Gasteiger partial charge in [-0.1, -0.05) is 24.3 Å². The minimum atomic E-state index is -0.0169. The van der Waals surface area contributed by atoms with Crippen LogP contribution in [0.5, 0.6) is 11.6 Å². The SMILES string of the molecule is O=C(c1cccc(Nc2ncccn2)c1)N1CCCC(c2nccnc2Oc2ccccc2)C1. The molecule has 8 heteroatoms. The number of amides is 1. The first-order valence-corrected chi connectivity index (χ1v) is 11.2. The molecule has 1 amide bonds. The number of nitrogens with one attached hydrogen (secondary N) is 1. The molecule has 0 aliphatic carbocycles. The summed E-state index contributed by atoms with van der Waals surface area (Å²) in [5.41, 5.74) is 2.15. The van der Waals surface area contributed by atoms with Crippen molar-refractivity contribution in [3.63, 3.8) is 0 Å². The van der Waals surface area contributed by atoms with E-state index in [9.17, 15) is 4.79 Å².